The van der Waals surface area contributed by atoms with E-state index in [0.717, 1.165) is 10.8 Å². The fourth-order valence-corrected chi connectivity index (χ4v) is 4.47. The van der Waals surface area contributed by atoms with Crippen molar-refractivity contribution in [2.75, 3.05) is 4.90 Å². The molecule has 0 saturated heterocycles. The average molecular weight is 418 g/mol. The maximum absolute atomic E-state index is 13.5. The number of hydrogen-bond acceptors (Lipinski definition) is 5. The number of fused-ring (bicyclic) bond motifs is 1. The summed E-state index contributed by atoms with van der Waals surface area (Å²) in [6, 6.07) is 18.8. The summed E-state index contributed by atoms with van der Waals surface area (Å²) in [6.45, 7) is 3.90. The van der Waals surface area contributed by atoms with Gasteiger partial charge >= 0.3 is 0 Å². The highest BCUT2D eigenvalue weighted by Crippen LogP contribution is 2.41. The second-order valence-electron chi connectivity index (χ2n) is 7.12. The molecule has 0 bridgehead atoms. The highest BCUT2D eigenvalue weighted by Gasteiger charge is 2.41. The standard InChI is InChI=1S/C23H18N2O4S/c1-14(2)30-21-20(16-10-12-17(13-11-16)25(28)29)22(26)24(23(21)27)19-9-5-7-15-6-3-4-8-18(15)19/h3-14H,1-2H3. The molecule has 0 N–H and O–H groups in total. The van der Waals surface area contributed by atoms with Crippen LogP contribution in [-0.4, -0.2) is 22.0 Å². The number of nitro groups is 1. The van der Waals surface area contributed by atoms with Crippen LogP contribution in [0.4, 0.5) is 11.4 Å². The van der Waals surface area contributed by atoms with Crippen molar-refractivity contribution in [3.05, 3.63) is 87.3 Å². The summed E-state index contributed by atoms with van der Waals surface area (Å²) in [5.74, 6) is -0.795. The number of carbonyl (C=O) groups is 2. The van der Waals surface area contributed by atoms with Gasteiger partial charge < -0.3 is 0 Å². The second kappa shape index (κ2) is 7.76. The number of non-ortho nitro benzene ring substituents is 1. The van der Waals surface area contributed by atoms with Gasteiger partial charge in [-0.25, -0.2) is 4.90 Å². The summed E-state index contributed by atoms with van der Waals surface area (Å²) in [5.41, 5.74) is 1.23. The van der Waals surface area contributed by atoms with Gasteiger partial charge in [-0.2, -0.15) is 0 Å². The van der Waals surface area contributed by atoms with Gasteiger partial charge in [-0.3, -0.25) is 19.7 Å². The van der Waals surface area contributed by atoms with Crippen molar-refractivity contribution in [1.82, 2.24) is 0 Å². The minimum atomic E-state index is -0.494. The number of hydrogen-bond donors (Lipinski definition) is 0. The number of imide groups is 1. The second-order valence-corrected chi connectivity index (χ2v) is 8.71. The number of benzene rings is 3. The van der Waals surface area contributed by atoms with Crippen LogP contribution in [0.15, 0.2) is 71.6 Å². The van der Waals surface area contributed by atoms with Crippen LogP contribution >= 0.6 is 11.8 Å². The molecule has 30 heavy (non-hydrogen) atoms. The van der Waals surface area contributed by atoms with Crippen molar-refractivity contribution in [2.45, 2.75) is 19.1 Å². The lowest BCUT2D eigenvalue weighted by molar-refractivity contribution is -0.384. The summed E-state index contributed by atoms with van der Waals surface area (Å²) < 4.78 is 0. The van der Waals surface area contributed by atoms with E-state index < -0.39 is 10.8 Å². The SMILES string of the molecule is CC(C)SC1=C(c2ccc([N+](=O)[O-])cc2)C(=O)N(c2cccc3ccccc23)C1=O. The molecule has 150 valence electrons. The van der Waals surface area contributed by atoms with Crippen LogP contribution in [0.1, 0.15) is 19.4 Å². The monoisotopic (exact) mass is 418 g/mol. The number of carbonyl (C=O) groups excluding carboxylic acids is 2. The first-order valence-electron chi connectivity index (χ1n) is 9.41. The number of nitro benzene ring substituents is 1. The molecule has 1 aliphatic rings. The van der Waals surface area contributed by atoms with E-state index in [4.69, 9.17) is 0 Å². The Kier molecular flexibility index (Phi) is 5.13. The van der Waals surface area contributed by atoms with Crippen LogP contribution in [0.25, 0.3) is 16.3 Å². The van der Waals surface area contributed by atoms with Crippen LogP contribution < -0.4 is 4.90 Å². The van der Waals surface area contributed by atoms with Gasteiger partial charge in [0, 0.05) is 22.8 Å². The predicted octanol–water partition coefficient (Wildman–Crippen LogP) is 5.17. The first kappa shape index (κ1) is 19.8. The van der Waals surface area contributed by atoms with Crippen molar-refractivity contribution in [1.29, 1.82) is 0 Å². The first-order chi connectivity index (χ1) is 14.4. The molecule has 1 heterocycles. The summed E-state index contributed by atoms with van der Waals surface area (Å²) in [7, 11) is 0. The maximum atomic E-state index is 13.5. The largest absolute Gasteiger partial charge is 0.272 e. The third-order valence-electron chi connectivity index (χ3n) is 4.77. The molecular formula is C23H18N2O4S. The van der Waals surface area contributed by atoms with Crippen LogP contribution in [-0.2, 0) is 9.59 Å². The van der Waals surface area contributed by atoms with Crippen LogP contribution in [0.5, 0.6) is 0 Å². The normalized spacial score (nSPS) is 14.3. The fourth-order valence-electron chi connectivity index (χ4n) is 3.48. The summed E-state index contributed by atoms with van der Waals surface area (Å²) in [6.07, 6.45) is 0. The molecular weight excluding hydrogens is 400 g/mol. The highest BCUT2D eigenvalue weighted by molar-refractivity contribution is 8.04. The van der Waals surface area contributed by atoms with Crippen molar-refractivity contribution < 1.29 is 14.5 Å². The minimum Gasteiger partial charge on any atom is -0.268 e. The van der Waals surface area contributed by atoms with Gasteiger partial charge in [-0.05, 0) is 29.1 Å². The van der Waals surface area contributed by atoms with Crippen molar-refractivity contribution >= 4 is 51.3 Å². The maximum Gasteiger partial charge on any atom is 0.272 e. The molecule has 2 amide bonds. The van der Waals surface area contributed by atoms with E-state index >= 15 is 0 Å². The Morgan fingerprint density at radius 3 is 2.23 bits per heavy atom. The molecule has 3 aromatic carbocycles. The molecule has 0 fully saturated rings. The van der Waals surface area contributed by atoms with Gasteiger partial charge in [0.1, 0.15) is 0 Å². The smallest absolute Gasteiger partial charge is 0.268 e. The van der Waals surface area contributed by atoms with Crippen LogP contribution in [0.3, 0.4) is 0 Å². The summed E-state index contributed by atoms with van der Waals surface area (Å²) in [4.78, 5) is 38.9. The van der Waals surface area contributed by atoms with E-state index in [2.05, 4.69) is 0 Å². The van der Waals surface area contributed by atoms with Crippen molar-refractivity contribution in [3.63, 3.8) is 0 Å². The lowest BCUT2D eigenvalue weighted by atomic mass is 10.1. The predicted molar refractivity (Wildman–Crippen MR) is 119 cm³/mol. The van der Waals surface area contributed by atoms with Gasteiger partial charge in [0.05, 0.1) is 21.1 Å². The number of nitrogens with zero attached hydrogens (tertiary/aromatic N) is 2. The number of rotatable bonds is 5. The lowest BCUT2D eigenvalue weighted by Crippen LogP contribution is -2.31. The van der Waals surface area contributed by atoms with Crippen molar-refractivity contribution in [2.24, 2.45) is 0 Å². The van der Waals surface area contributed by atoms with Gasteiger partial charge in [0.2, 0.25) is 0 Å². The Bertz CT molecular complexity index is 1210. The van der Waals surface area contributed by atoms with E-state index in [0.29, 0.717) is 16.2 Å². The lowest BCUT2D eigenvalue weighted by Gasteiger charge is -2.17. The molecule has 1 aliphatic heterocycles. The third-order valence-corrected chi connectivity index (χ3v) is 5.86. The highest BCUT2D eigenvalue weighted by atomic mass is 32.2. The Morgan fingerprint density at radius 2 is 1.57 bits per heavy atom. The van der Waals surface area contributed by atoms with E-state index in [1.165, 1.54) is 40.9 Å². The molecule has 0 aliphatic carbocycles. The molecule has 0 spiro atoms. The molecule has 0 unspecified atom stereocenters. The van der Waals surface area contributed by atoms with E-state index in [1.807, 2.05) is 50.2 Å². The zero-order chi connectivity index (χ0) is 21.4. The Balaban J connectivity index is 1.85. The summed E-state index contributed by atoms with van der Waals surface area (Å²) >= 11 is 1.32. The number of amides is 2. The topological polar surface area (TPSA) is 80.5 Å². The Morgan fingerprint density at radius 1 is 0.900 bits per heavy atom. The molecule has 3 aromatic rings. The Labute approximate surface area is 177 Å². The molecule has 0 aromatic heterocycles. The Hall–Kier alpha value is -3.45. The molecule has 6 nitrogen and oxygen atoms in total. The van der Waals surface area contributed by atoms with Crippen molar-refractivity contribution in [3.8, 4) is 0 Å². The zero-order valence-corrected chi connectivity index (χ0v) is 17.2. The molecule has 0 saturated carbocycles. The quantitative estimate of drug-likeness (QED) is 0.324. The zero-order valence-electron chi connectivity index (χ0n) is 16.4. The van der Waals surface area contributed by atoms with Crippen LogP contribution in [0.2, 0.25) is 0 Å². The number of thioether (sulfide) groups is 1. The van der Waals surface area contributed by atoms with E-state index in [9.17, 15) is 19.7 Å². The molecule has 4 rings (SSSR count). The molecule has 0 radical (unpaired) electrons. The number of anilines is 1. The summed E-state index contributed by atoms with van der Waals surface area (Å²) in [5, 5.41) is 12.8. The average Bonchev–Trinajstić information content (AvgIpc) is 2.96. The molecule has 7 heteroatoms. The molecule has 0 atom stereocenters. The third kappa shape index (κ3) is 3.37. The van der Waals surface area contributed by atoms with Gasteiger partial charge in [0.15, 0.2) is 0 Å². The van der Waals surface area contributed by atoms with E-state index in [1.54, 1.807) is 6.07 Å². The van der Waals surface area contributed by atoms with Gasteiger partial charge in [-0.1, -0.05) is 50.2 Å². The fraction of sp³-hybridized carbons (Fsp3) is 0.130. The van der Waals surface area contributed by atoms with Gasteiger partial charge in [0.25, 0.3) is 17.5 Å². The first-order valence-corrected chi connectivity index (χ1v) is 10.3. The van der Waals surface area contributed by atoms with E-state index in [-0.39, 0.29) is 22.4 Å². The van der Waals surface area contributed by atoms with Gasteiger partial charge in [-0.15, -0.1) is 11.8 Å². The van der Waals surface area contributed by atoms with Crippen LogP contribution in [0, 0.1) is 10.1 Å². The minimum absolute atomic E-state index is 0.0694.